The van der Waals surface area contributed by atoms with Gasteiger partial charge in [-0.3, -0.25) is 4.79 Å². The van der Waals surface area contributed by atoms with Gasteiger partial charge in [-0.15, -0.1) is 0 Å². The van der Waals surface area contributed by atoms with E-state index in [4.69, 9.17) is 11.5 Å². The van der Waals surface area contributed by atoms with E-state index in [1.807, 2.05) is 4.90 Å². The second kappa shape index (κ2) is 4.94. The van der Waals surface area contributed by atoms with Gasteiger partial charge in [0.2, 0.25) is 5.91 Å². The highest BCUT2D eigenvalue weighted by Crippen LogP contribution is 2.37. The largest absolute Gasteiger partial charge is 0.391 e. The Kier molecular flexibility index (Phi) is 3.79. The SMILES string of the molecule is NC(=O)C1(N)CCC(N2CCC(C(F)(F)F)CC2)C1. The first-order valence-electron chi connectivity index (χ1n) is 6.62. The number of nitrogens with two attached hydrogens (primary N) is 2. The molecule has 0 aromatic rings. The van der Waals surface area contributed by atoms with Gasteiger partial charge in [0.1, 0.15) is 0 Å². The summed E-state index contributed by atoms with van der Waals surface area (Å²) in [6.07, 6.45) is -2.11. The maximum Gasteiger partial charge on any atom is 0.391 e. The zero-order chi connectivity index (χ0) is 14.3. The van der Waals surface area contributed by atoms with Crippen molar-refractivity contribution in [3.63, 3.8) is 0 Å². The molecular formula is C12H20F3N3O. The Labute approximate surface area is 110 Å². The second-order valence-electron chi connectivity index (χ2n) is 5.77. The monoisotopic (exact) mass is 279 g/mol. The number of hydrogen-bond donors (Lipinski definition) is 2. The van der Waals surface area contributed by atoms with Crippen molar-refractivity contribution in [2.24, 2.45) is 17.4 Å². The molecule has 2 atom stereocenters. The summed E-state index contributed by atoms with van der Waals surface area (Å²) in [6, 6.07) is 0.0895. The minimum absolute atomic E-state index is 0.0895. The summed E-state index contributed by atoms with van der Waals surface area (Å²) >= 11 is 0. The van der Waals surface area contributed by atoms with Crippen LogP contribution in [-0.2, 0) is 4.79 Å². The lowest BCUT2D eigenvalue weighted by Gasteiger charge is -2.37. The van der Waals surface area contributed by atoms with Crippen LogP contribution in [0.1, 0.15) is 32.1 Å². The van der Waals surface area contributed by atoms with Gasteiger partial charge in [0, 0.05) is 6.04 Å². The van der Waals surface area contributed by atoms with Crippen LogP contribution in [0.3, 0.4) is 0 Å². The van der Waals surface area contributed by atoms with E-state index < -0.39 is 23.5 Å². The molecule has 1 saturated heterocycles. The molecular weight excluding hydrogens is 259 g/mol. The number of amides is 1. The van der Waals surface area contributed by atoms with E-state index in [2.05, 4.69) is 0 Å². The molecule has 0 bridgehead atoms. The molecule has 1 heterocycles. The van der Waals surface area contributed by atoms with E-state index in [-0.39, 0.29) is 18.9 Å². The highest BCUT2D eigenvalue weighted by Gasteiger charge is 2.46. The molecule has 0 spiro atoms. The molecule has 0 aromatic carbocycles. The number of piperidine rings is 1. The van der Waals surface area contributed by atoms with E-state index in [0.29, 0.717) is 25.9 Å². The summed E-state index contributed by atoms with van der Waals surface area (Å²) in [7, 11) is 0. The van der Waals surface area contributed by atoms with Gasteiger partial charge in [0.05, 0.1) is 11.5 Å². The number of halogens is 3. The third-order valence-electron chi connectivity index (χ3n) is 4.52. The van der Waals surface area contributed by atoms with E-state index in [9.17, 15) is 18.0 Å². The number of hydrogen-bond acceptors (Lipinski definition) is 3. The quantitative estimate of drug-likeness (QED) is 0.792. The third-order valence-corrected chi connectivity index (χ3v) is 4.52. The van der Waals surface area contributed by atoms with Crippen LogP contribution in [0.15, 0.2) is 0 Å². The van der Waals surface area contributed by atoms with Crippen LogP contribution in [0, 0.1) is 5.92 Å². The van der Waals surface area contributed by atoms with Gasteiger partial charge in [-0.2, -0.15) is 13.2 Å². The van der Waals surface area contributed by atoms with Crippen molar-refractivity contribution >= 4 is 5.91 Å². The lowest BCUT2D eigenvalue weighted by atomic mass is 9.94. The number of rotatable bonds is 2. The molecule has 1 aliphatic carbocycles. The molecule has 1 amide bonds. The minimum Gasteiger partial charge on any atom is -0.368 e. The molecule has 7 heteroatoms. The van der Waals surface area contributed by atoms with Crippen LogP contribution in [0.25, 0.3) is 0 Å². The van der Waals surface area contributed by atoms with Gasteiger partial charge in [-0.25, -0.2) is 0 Å². The van der Waals surface area contributed by atoms with E-state index in [1.165, 1.54) is 0 Å². The van der Waals surface area contributed by atoms with Gasteiger partial charge in [-0.1, -0.05) is 0 Å². The summed E-state index contributed by atoms with van der Waals surface area (Å²) in [5, 5.41) is 0. The topological polar surface area (TPSA) is 72.3 Å². The van der Waals surface area contributed by atoms with E-state index in [0.717, 1.165) is 6.42 Å². The van der Waals surface area contributed by atoms with Gasteiger partial charge in [0.25, 0.3) is 0 Å². The maximum absolute atomic E-state index is 12.6. The van der Waals surface area contributed by atoms with E-state index >= 15 is 0 Å². The Morgan fingerprint density at radius 3 is 2.21 bits per heavy atom. The molecule has 19 heavy (non-hydrogen) atoms. The summed E-state index contributed by atoms with van der Waals surface area (Å²) in [4.78, 5) is 13.3. The Bertz CT molecular complexity index is 353. The minimum atomic E-state index is -4.09. The predicted octanol–water partition coefficient (Wildman–Crippen LogP) is 0.996. The second-order valence-corrected chi connectivity index (χ2v) is 5.77. The first-order chi connectivity index (χ1) is 8.72. The molecule has 110 valence electrons. The smallest absolute Gasteiger partial charge is 0.368 e. The summed E-state index contributed by atoms with van der Waals surface area (Å²) in [5.74, 6) is -1.70. The van der Waals surface area contributed by atoms with Crippen molar-refractivity contribution in [2.75, 3.05) is 13.1 Å². The van der Waals surface area contributed by atoms with Crippen molar-refractivity contribution in [3.05, 3.63) is 0 Å². The molecule has 1 aliphatic heterocycles. The fourth-order valence-electron chi connectivity index (χ4n) is 3.18. The van der Waals surface area contributed by atoms with Crippen LogP contribution in [0.5, 0.6) is 0 Å². The average molecular weight is 279 g/mol. The van der Waals surface area contributed by atoms with E-state index in [1.54, 1.807) is 0 Å². The van der Waals surface area contributed by atoms with Crippen LogP contribution < -0.4 is 11.5 Å². The fraction of sp³-hybridized carbons (Fsp3) is 0.917. The van der Waals surface area contributed by atoms with Crippen molar-refractivity contribution in [1.29, 1.82) is 0 Å². The predicted molar refractivity (Wildman–Crippen MR) is 64.1 cm³/mol. The number of carbonyl (C=O) groups excluding carboxylic acids is 1. The van der Waals surface area contributed by atoms with Crippen LogP contribution in [0.4, 0.5) is 13.2 Å². The highest BCUT2D eigenvalue weighted by atomic mass is 19.4. The Balaban J connectivity index is 1.88. The van der Waals surface area contributed by atoms with Crippen LogP contribution in [0.2, 0.25) is 0 Å². The number of alkyl halides is 3. The lowest BCUT2D eigenvalue weighted by molar-refractivity contribution is -0.186. The Morgan fingerprint density at radius 2 is 1.79 bits per heavy atom. The van der Waals surface area contributed by atoms with Crippen LogP contribution in [-0.4, -0.2) is 41.7 Å². The van der Waals surface area contributed by atoms with Gasteiger partial charge < -0.3 is 16.4 Å². The highest BCUT2D eigenvalue weighted by molar-refractivity contribution is 5.84. The molecule has 4 N–H and O–H groups in total. The number of primary amides is 1. The van der Waals surface area contributed by atoms with Crippen molar-refractivity contribution in [3.8, 4) is 0 Å². The molecule has 2 fully saturated rings. The molecule has 4 nitrogen and oxygen atoms in total. The van der Waals surface area contributed by atoms with Crippen molar-refractivity contribution in [2.45, 2.75) is 49.9 Å². The summed E-state index contributed by atoms with van der Waals surface area (Å²) < 4.78 is 37.7. The molecule has 1 saturated carbocycles. The zero-order valence-electron chi connectivity index (χ0n) is 10.7. The van der Waals surface area contributed by atoms with Crippen molar-refractivity contribution < 1.29 is 18.0 Å². The van der Waals surface area contributed by atoms with Crippen LogP contribution >= 0.6 is 0 Å². The Hall–Kier alpha value is -0.820. The average Bonchev–Trinajstić information content (AvgIpc) is 2.72. The molecule has 2 aliphatic rings. The number of likely N-dealkylation sites (tertiary alicyclic amines) is 1. The van der Waals surface area contributed by atoms with Gasteiger partial charge in [-0.05, 0) is 45.2 Å². The summed E-state index contributed by atoms with van der Waals surface area (Å²) in [6.45, 7) is 0.841. The molecule has 2 unspecified atom stereocenters. The Morgan fingerprint density at radius 1 is 1.21 bits per heavy atom. The number of nitrogens with zero attached hydrogens (tertiary/aromatic N) is 1. The standard InChI is InChI=1S/C12H20F3N3O/c13-12(14,15)8-2-5-18(6-3-8)9-1-4-11(17,7-9)10(16)19/h8-9H,1-7,17H2,(H2,16,19). The molecule has 0 radical (unpaired) electrons. The number of carbonyl (C=O) groups is 1. The molecule has 2 rings (SSSR count). The van der Waals surface area contributed by atoms with Gasteiger partial charge >= 0.3 is 6.18 Å². The zero-order valence-corrected chi connectivity index (χ0v) is 10.7. The van der Waals surface area contributed by atoms with Crippen molar-refractivity contribution in [1.82, 2.24) is 4.90 Å². The van der Waals surface area contributed by atoms with Gasteiger partial charge in [0.15, 0.2) is 0 Å². The first-order valence-corrected chi connectivity index (χ1v) is 6.62. The lowest BCUT2D eigenvalue weighted by Crippen LogP contribution is -2.51. The fourth-order valence-corrected chi connectivity index (χ4v) is 3.18. The summed E-state index contributed by atoms with van der Waals surface area (Å²) in [5.41, 5.74) is 10.2. The normalized spacial score (nSPS) is 34.6. The molecule has 0 aromatic heterocycles. The first kappa shape index (κ1) is 14.6. The maximum atomic E-state index is 12.6. The third kappa shape index (κ3) is 3.02.